The number of hydrogen-bond donors (Lipinski definition) is 1. The van der Waals surface area contributed by atoms with E-state index in [1.54, 1.807) is 5.01 Å². The zero-order valence-electron chi connectivity index (χ0n) is 5.42. The SMILES string of the molecule is NN1CCCC(C=O)C1. The van der Waals surface area contributed by atoms with E-state index in [2.05, 4.69) is 0 Å². The van der Waals surface area contributed by atoms with Crippen molar-refractivity contribution in [2.45, 2.75) is 12.8 Å². The number of carbonyl (C=O) groups excluding carboxylic acids is 1. The summed E-state index contributed by atoms with van der Waals surface area (Å²) in [4.78, 5) is 10.2. The number of carbonyl (C=O) groups is 1. The van der Waals surface area contributed by atoms with Gasteiger partial charge in [0.05, 0.1) is 0 Å². The molecule has 0 aliphatic carbocycles. The summed E-state index contributed by atoms with van der Waals surface area (Å²) in [6.07, 6.45) is 3.07. The largest absolute Gasteiger partial charge is 0.303 e. The number of hydrazine groups is 1. The predicted octanol–water partition coefficient (Wildman–Crippen LogP) is -0.229. The third-order valence-electron chi connectivity index (χ3n) is 1.68. The molecular formula is C6H12N2O. The second-order valence-corrected chi connectivity index (χ2v) is 2.53. The minimum absolute atomic E-state index is 0.184. The Bertz CT molecular complexity index is 105. The molecule has 3 heteroatoms. The van der Waals surface area contributed by atoms with E-state index < -0.39 is 0 Å². The van der Waals surface area contributed by atoms with Gasteiger partial charge in [-0.15, -0.1) is 0 Å². The van der Waals surface area contributed by atoms with Crippen LogP contribution in [0.3, 0.4) is 0 Å². The van der Waals surface area contributed by atoms with Crippen molar-refractivity contribution in [1.29, 1.82) is 0 Å². The normalized spacial score (nSPS) is 30.1. The van der Waals surface area contributed by atoms with E-state index in [1.165, 1.54) is 0 Å². The Morgan fingerprint density at radius 1 is 1.67 bits per heavy atom. The summed E-state index contributed by atoms with van der Waals surface area (Å²) in [5.74, 6) is 5.66. The Morgan fingerprint density at radius 2 is 2.44 bits per heavy atom. The molecule has 0 radical (unpaired) electrons. The maximum Gasteiger partial charge on any atom is 0.124 e. The molecular weight excluding hydrogens is 116 g/mol. The molecule has 1 rings (SSSR count). The number of hydrogen-bond acceptors (Lipinski definition) is 3. The molecule has 0 aromatic carbocycles. The molecule has 0 spiro atoms. The molecule has 1 heterocycles. The van der Waals surface area contributed by atoms with Gasteiger partial charge in [-0.05, 0) is 12.8 Å². The molecule has 2 N–H and O–H groups in total. The van der Waals surface area contributed by atoms with Gasteiger partial charge < -0.3 is 4.79 Å². The molecule has 1 aliphatic rings. The molecule has 0 bridgehead atoms. The van der Waals surface area contributed by atoms with Crippen LogP contribution in [0.25, 0.3) is 0 Å². The Hall–Kier alpha value is -0.410. The number of rotatable bonds is 1. The van der Waals surface area contributed by atoms with Gasteiger partial charge in [0, 0.05) is 19.0 Å². The first-order valence-electron chi connectivity index (χ1n) is 3.28. The van der Waals surface area contributed by atoms with Crippen LogP contribution in [0.4, 0.5) is 0 Å². The molecule has 1 aliphatic heterocycles. The lowest BCUT2D eigenvalue weighted by atomic mass is 10.0. The molecule has 0 amide bonds. The molecule has 52 valence electrons. The molecule has 0 aromatic rings. The monoisotopic (exact) mass is 128 g/mol. The third-order valence-corrected chi connectivity index (χ3v) is 1.68. The lowest BCUT2D eigenvalue weighted by molar-refractivity contribution is -0.112. The zero-order chi connectivity index (χ0) is 6.69. The second-order valence-electron chi connectivity index (χ2n) is 2.53. The van der Waals surface area contributed by atoms with E-state index >= 15 is 0 Å². The van der Waals surface area contributed by atoms with Crippen LogP contribution in [0.5, 0.6) is 0 Å². The van der Waals surface area contributed by atoms with Crippen molar-refractivity contribution in [3.8, 4) is 0 Å². The van der Waals surface area contributed by atoms with Gasteiger partial charge in [-0.1, -0.05) is 0 Å². The van der Waals surface area contributed by atoms with Crippen molar-refractivity contribution in [3.05, 3.63) is 0 Å². The first-order valence-corrected chi connectivity index (χ1v) is 3.28. The summed E-state index contributed by atoms with van der Waals surface area (Å²) >= 11 is 0. The summed E-state index contributed by atoms with van der Waals surface area (Å²) in [6.45, 7) is 1.67. The second kappa shape index (κ2) is 2.94. The first-order chi connectivity index (χ1) is 4.33. The summed E-state index contributed by atoms with van der Waals surface area (Å²) in [5.41, 5.74) is 0. The number of piperidine rings is 1. The highest BCUT2D eigenvalue weighted by Gasteiger charge is 2.15. The van der Waals surface area contributed by atoms with E-state index in [4.69, 9.17) is 5.84 Å². The van der Waals surface area contributed by atoms with Crippen molar-refractivity contribution in [2.75, 3.05) is 13.1 Å². The average Bonchev–Trinajstić information content (AvgIpc) is 1.88. The van der Waals surface area contributed by atoms with E-state index in [1.807, 2.05) is 0 Å². The topological polar surface area (TPSA) is 46.3 Å². The fraction of sp³-hybridized carbons (Fsp3) is 0.833. The molecule has 0 saturated carbocycles. The van der Waals surface area contributed by atoms with Gasteiger partial charge in [0.2, 0.25) is 0 Å². The Morgan fingerprint density at radius 3 is 2.89 bits per heavy atom. The lowest BCUT2D eigenvalue weighted by Crippen LogP contribution is -2.40. The molecule has 1 atom stereocenters. The van der Waals surface area contributed by atoms with Gasteiger partial charge in [0.25, 0.3) is 0 Å². The Labute approximate surface area is 54.8 Å². The molecule has 3 nitrogen and oxygen atoms in total. The van der Waals surface area contributed by atoms with E-state index in [0.717, 1.165) is 32.2 Å². The van der Waals surface area contributed by atoms with Gasteiger partial charge in [0.15, 0.2) is 0 Å². The van der Waals surface area contributed by atoms with Crippen molar-refractivity contribution in [1.82, 2.24) is 5.01 Å². The van der Waals surface area contributed by atoms with Crippen LogP contribution in [0.1, 0.15) is 12.8 Å². The average molecular weight is 128 g/mol. The van der Waals surface area contributed by atoms with Crippen LogP contribution in [0.15, 0.2) is 0 Å². The highest BCUT2D eigenvalue weighted by molar-refractivity contribution is 5.53. The summed E-state index contributed by atoms with van der Waals surface area (Å²) in [5, 5.41) is 1.71. The zero-order valence-corrected chi connectivity index (χ0v) is 5.42. The predicted molar refractivity (Wildman–Crippen MR) is 34.5 cm³/mol. The van der Waals surface area contributed by atoms with Gasteiger partial charge >= 0.3 is 0 Å². The van der Waals surface area contributed by atoms with Crippen LogP contribution in [0, 0.1) is 5.92 Å². The van der Waals surface area contributed by atoms with Crippen molar-refractivity contribution >= 4 is 6.29 Å². The number of aldehydes is 1. The molecule has 1 unspecified atom stereocenters. The van der Waals surface area contributed by atoms with E-state index in [0.29, 0.717) is 0 Å². The standard InChI is InChI=1S/C6H12N2O/c7-8-3-1-2-6(4-8)5-9/h5-6H,1-4,7H2. The molecule has 0 aromatic heterocycles. The molecule has 9 heavy (non-hydrogen) atoms. The minimum atomic E-state index is 0.184. The van der Waals surface area contributed by atoms with Crippen molar-refractivity contribution in [2.24, 2.45) is 11.8 Å². The van der Waals surface area contributed by atoms with Gasteiger partial charge in [-0.3, -0.25) is 5.84 Å². The van der Waals surface area contributed by atoms with Crippen LogP contribution in [0.2, 0.25) is 0 Å². The van der Waals surface area contributed by atoms with Crippen molar-refractivity contribution < 1.29 is 4.79 Å². The van der Waals surface area contributed by atoms with Crippen LogP contribution in [-0.4, -0.2) is 24.4 Å². The first kappa shape index (κ1) is 6.71. The maximum absolute atomic E-state index is 10.2. The van der Waals surface area contributed by atoms with Crippen LogP contribution in [-0.2, 0) is 4.79 Å². The number of nitrogens with zero attached hydrogens (tertiary/aromatic N) is 1. The highest BCUT2D eigenvalue weighted by Crippen LogP contribution is 2.10. The van der Waals surface area contributed by atoms with Crippen LogP contribution >= 0.6 is 0 Å². The highest BCUT2D eigenvalue weighted by atomic mass is 16.1. The number of nitrogens with two attached hydrogens (primary N) is 1. The Balaban J connectivity index is 2.31. The molecule has 1 saturated heterocycles. The van der Waals surface area contributed by atoms with E-state index in [9.17, 15) is 4.79 Å². The summed E-state index contributed by atoms with van der Waals surface area (Å²) in [6, 6.07) is 0. The summed E-state index contributed by atoms with van der Waals surface area (Å²) < 4.78 is 0. The van der Waals surface area contributed by atoms with E-state index in [-0.39, 0.29) is 5.92 Å². The van der Waals surface area contributed by atoms with Crippen molar-refractivity contribution in [3.63, 3.8) is 0 Å². The third kappa shape index (κ3) is 1.77. The smallest absolute Gasteiger partial charge is 0.124 e. The fourth-order valence-corrected chi connectivity index (χ4v) is 1.15. The van der Waals surface area contributed by atoms with Gasteiger partial charge in [-0.2, -0.15) is 0 Å². The van der Waals surface area contributed by atoms with Crippen LogP contribution < -0.4 is 5.84 Å². The lowest BCUT2D eigenvalue weighted by Gasteiger charge is -2.25. The maximum atomic E-state index is 10.2. The minimum Gasteiger partial charge on any atom is -0.303 e. The fourth-order valence-electron chi connectivity index (χ4n) is 1.15. The Kier molecular flexibility index (Phi) is 2.19. The van der Waals surface area contributed by atoms with Gasteiger partial charge in [-0.25, -0.2) is 5.01 Å². The quantitative estimate of drug-likeness (QED) is 0.392. The summed E-state index contributed by atoms with van der Waals surface area (Å²) in [7, 11) is 0. The van der Waals surface area contributed by atoms with Gasteiger partial charge in [0.1, 0.15) is 6.29 Å². The molecule has 1 fully saturated rings.